The molecule has 7 heteroatoms. The first kappa shape index (κ1) is 16.7. The molecule has 7 nitrogen and oxygen atoms in total. The minimum absolute atomic E-state index is 0.120. The number of nitrogens with zero attached hydrogens (tertiary/aromatic N) is 1. The van der Waals surface area contributed by atoms with Crippen molar-refractivity contribution in [2.45, 2.75) is 26.3 Å². The first-order valence-electron chi connectivity index (χ1n) is 6.80. The normalized spacial score (nSPS) is 11.5. The van der Waals surface area contributed by atoms with Crippen LogP contribution in [0.3, 0.4) is 0 Å². The first-order valence-corrected chi connectivity index (χ1v) is 6.80. The molecule has 2 amide bonds. The second-order valence-corrected chi connectivity index (χ2v) is 4.59. The van der Waals surface area contributed by atoms with E-state index >= 15 is 0 Å². The molecule has 1 unspecified atom stereocenters. The smallest absolute Gasteiger partial charge is 0.315 e. The maximum absolute atomic E-state index is 11.6. The number of carboxylic acids is 1. The van der Waals surface area contributed by atoms with Crippen molar-refractivity contribution in [2.75, 3.05) is 13.7 Å². The molecule has 0 aliphatic rings. The van der Waals surface area contributed by atoms with Crippen LogP contribution in [-0.4, -0.2) is 35.7 Å². The summed E-state index contributed by atoms with van der Waals surface area (Å²) in [6, 6.07) is 3.09. The van der Waals surface area contributed by atoms with Gasteiger partial charge in [0.1, 0.15) is 0 Å². The summed E-state index contributed by atoms with van der Waals surface area (Å²) in [6.45, 7) is 2.34. The molecule has 0 saturated heterocycles. The number of carbonyl (C=O) groups excluding carboxylic acids is 1. The summed E-state index contributed by atoms with van der Waals surface area (Å²) in [5.74, 6) is -0.971. The van der Waals surface area contributed by atoms with Gasteiger partial charge in [0.05, 0.1) is 13.0 Å². The van der Waals surface area contributed by atoms with E-state index in [1.54, 1.807) is 18.3 Å². The van der Waals surface area contributed by atoms with Crippen LogP contribution in [0.25, 0.3) is 0 Å². The number of carboxylic acid groups (broad SMARTS) is 1. The Bertz CT molecular complexity index is 479. The van der Waals surface area contributed by atoms with Gasteiger partial charge in [0.15, 0.2) is 0 Å². The summed E-state index contributed by atoms with van der Waals surface area (Å²) < 4.78 is 4.99. The zero-order valence-electron chi connectivity index (χ0n) is 12.3. The number of carbonyl (C=O) groups is 2. The number of ether oxygens (including phenoxy) is 1. The van der Waals surface area contributed by atoms with Crippen molar-refractivity contribution in [1.29, 1.82) is 0 Å². The van der Waals surface area contributed by atoms with Crippen molar-refractivity contribution in [3.8, 4) is 5.88 Å². The molecule has 3 N–H and O–H groups in total. The molecule has 1 aromatic rings. The highest BCUT2D eigenvalue weighted by Crippen LogP contribution is 2.08. The number of hydrogen-bond acceptors (Lipinski definition) is 4. The van der Waals surface area contributed by atoms with Gasteiger partial charge in [-0.15, -0.1) is 0 Å². The predicted octanol–water partition coefficient (Wildman–Crippen LogP) is 1.39. The van der Waals surface area contributed by atoms with Crippen molar-refractivity contribution < 1.29 is 19.4 Å². The maximum atomic E-state index is 11.6. The Hall–Kier alpha value is -2.31. The van der Waals surface area contributed by atoms with E-state index in [9.17, 15) is 9.59 Å². The van der Waals surface area contributed by atoms with Crippen LogP contribution in [0.1, 0.15) is 25.3 Å². The summed E-state index contributed by atoms with van der Waals surface area (Å²) in [5, 5.41) is 14.2. The van der Waals surface area contributed by atoms with E-state index in [0.29, 0.717) is 18.8 Å². The molecule has 0 fully saturated rings. The molecule has 0 radical (unpaired) electrons. The third-order valence-electron chi connectivity index (χ3n) is 2.96. The second kappa shape index (κ2) is 8.78. The average Bonchev–Trinajstić information content (AvgIpc) is 2.49. The Balaban J connectivity index is 2.38. The van der Waals surface area contributed by atoms with Crippen molar-refractivity contribution in [3.05, 3.63) is 23.9 Å². The molecule has 0 aromatic carbocycles. The topological polar surface area (TPSA) is 101 Å². The number of aromatic nitrogens is 1. The van der Waals surface area contributed by atoms with Crippen molar-refractivity contribution in [3.63, 3.8) is 0 Å². The van der Waals surface area contributed by atoms with Crippen LogP contribution < -0.4 is 15.4 Å². The molecule has 0 spiro atoms. The van der Waals surface area contributed by atoms with E-state index in [0.717, 1.165) is 12.0 Å². The number of urea groups is 1. The number of hydrogen-bond donors (Lipinski definition) is 3. The number of aliphatic carboxylic acids is 1. The highest BCUT2D eigenvalue weighted by atomic mass is 16.5. The number of pyridine rings is 1. The van der Waals surface area contributed by atoms with E-state index in [1.807, 2.05) is 6.92 Å². The van der Waals surface area contributed by atoms with Gasteiger partial charge in [-0.2, -0.15) is 0 Å². The lowest BCUT2D eigenvalue weighted by atomic mass is 10.0. The first-order chi connectivity index (χ1) is 10.1. The third-order valence-corrected chi connectivity index (χ3v) is 2.96. The average molecular weight is 295 g/mol. The summed E-state index contributed by atoms with van der Waals surface area (Å²) >= 11 is 0. The summed E-state index contributed by atoms with van der Waals surface area (Å²) in [5.41, 5.74) is 0.848. The molecule has 1 rings (SSSR count). The largest absolute Gasteiger partial charge is 0.481 e. The molecular formula is C14H21N3O4. The Morgan fingerprint density at radius 1 is 1.43 bits per heavy atom. The maximum Gasteiger partial charge on any atom is 0.315 e. The molecule has 0 saturated carbocycles. The van der Waals surface area contributed by atoms with E-state index < -0.39 is 17.9 Å². The Labute approximate surface area is 123 Å². The highest BCUT2D eigenvalue weighted by molar-refractivity contribution is 5.75. The fourth-order valence-corrected chi connectivity index (χ4v) is 1.79. The fourth-order valence-electron chi connectivity index (χ4n) is 1.79. The van der Waals surface area contributed by atoms with Crippen molar-refractivity contribution in [2.24, 2.45) is 5.92 Å². The van der Waals surface area contributed by atoms with Gasteiger partial charge < -0.3 is 20.5 Å². The highest BCUT2D eigenvalue weighted by Gasteiger charge is 2.16. The van der Waals surface area contributed by atoms with Gasteiger partial charge in [-0.25, -0.2) is 9.78 Å². The number of amides is 2. The fraction of sp³-hybridized carbons (Fsp3) is 0.500. The molecule has 0 aliphatic carbocycles. The van der Waals surface area contributed by atoms with Crippen LogP contribution in [0, 0.1) is 5.92 Å². The Kier molecular flexibility index (Phi) is 7.00. The zero-order valence-corrected chi connectivity index (χ0v) is 12.3. The van der Waals surface area contributed by atoms with Gasteiger partial charge in [0.2, 0.25) is 5.88 Å². The van der Waals surface area contributed by atoms with Crippen LogP contribution in [0.2, 0.25) is 0 Å². The Morgan fingerprint density at radius 3 is 2.81 bits per heavy atom. The molecule has 21 heavy (non-hydrogen) atoms. The standard InChI is InChI=1S/C14H21N3O4/c1-3-4-11(13(18)19)9-17-14(20)16-8-10-5-6-15-12(7-10)21-2/h5-7,11H,3-4,8-9H2,1-2H3,(H,18,19)(H2,16,17,20). The van der Waals surface area contributed by atoms with Gasteiger partial charge in [-0.05, 0) is 18.1 Å². The lowest BCUT2D eigenvalue weighted by Crippen LogP contribution is -2.39. The van der Waals surface area contributed by atoms with Gasteiger partial charge in [-0.1, -0.05) is 13.3 Å². The van der Waals surface area contributed by atoms with Gasteiger partial charge in [0, 0.05) is 25.4 Å². The van der Waals surface area contributed by atoms with Crippen LogP contribution in [0.5, 0.6) is 5.88 Å². The minimum atomic E-state index is -0.893. The lowest BCUT2D eigenvalue weighted by molar-refractivity contribution is -0.141. The predicted molar refractivity (Wildman–Crippen MR) is 77.1 cm³/mol. The number of nitrogens with one attached hydrogen (secondary N) is 2. The van der Waals surface area contributed by atoms with E-state index in [4.69, 9.17) is 9.84 Å². The molecule has 1 heterocycles. The van der Waals surface area contributed by atoms with Crippen LogP contribution in [0.15, 0.2) is 18.3 Å². The summed E-state index contributed by atoms with van der Waals surface area (Å²) in [4.78, 5) is 26.6. The quantitative estimate of drug-likeness (QED) is 0.673. The minimum Gasteiger partial charge on any atom is -0.481 e. The van der Waals surface area contributed by atoms with Crippen molar-refractivity contribution in [1.82, 2.24) is 15.6 Å². The zero-order chi connectivity index (χ0) is 15.7. The lowest BCUT2D eigenvalue weighted by Gasteiger charge is -2.13. The molecule has 0 aliphatic heterocycles. The van der Waals surface area contributed by atoms with E-state index in [2.05, 4.69) is 15.6 Å². The monoisotopic (exact) mass is 295 g/mol. The van der Waals surface area contributed by atoms with Crippen molar-refractivity contribution >= 4 is 12.0 Å². The van der Waals surface area contributed by atoms with E-state index in [1.165, 1.54) is 7.11 Å². The molecule has 116 valence electrons. The third kappa shape index (κ3) is 6.11. The van der Waals surface area contributed by atoms with E-state index in [-0.39, 0.29) is 6.54 Å². The molecular weight excluding hydrogens is 274 g/mol. The number of methoxy groups -OCH3 is 1. The van der Waals surface area contributed by atoms with Gasteiger partial charge >= 0.3 is 12.0 Å². The van der Waals surface area contributed by atoms with Crippen LogP contribution in [-0.2, 0) is 11.3 Å². The molecule has 1 atom stereocenters. The van der Waals surface area contributed by atoms with Crippen LogP contribution in [0.4, 0.5) is 4.79 Å². The number of rotatable bonds is 8. The summed E-state index contributed by atoms with van der Waals surface area (Å²) in [7, 11) is 1.52. The SMILES string of the molecule is CCCC(CNC(=O)NCc1ccnc(OC)c1)C(=O)O. The molecule has 0 bridgehead atoms. The second-order valence-electron chi connectivity index (χ2n) is 4.59. The molecule has 1 aromatic heterocycles. The summed E-state index contributed by atoms with van der Waals surface area (Å²) in [6.07, 6.45) is 2.89. The Morgan fingerprint density at radius 2 is 2.19 bits per heavy atom. The van der Waals surface area contributed by atoms with Crippen LogP contribution >= 0.6 is 0 Å². The van der Waals surface area contributed by atoms with Gasteiger partial charge in [-0.3, -0.25) is 4.79 Å². The van der Waals surface area contributed by atoms with Gasteiger partial charge in [0.25, 0.3) is 0 Å².